The number of carbonyl (C=O) groups excluding carboxylic acids is 3. The lowest BCUT2D eigenvalue weighted by Crippen LogP contribution is -2.44. The molecule has 8 nitrogen and oxygen atoms in total. The summed E-state index contributed by atoms with van der Waals surface area (Å²) in [5.74, 6) is -1.23. The Morgan fingerprint density at radius 3 is 2.44 bits per heavy atom. The minimum absolute atomic E-state index is 0.0705. The first-order valence-electron chi connectivity index (χ1n) is 10.1. The Bertz CT molecular complexity index is 1030. The van der Waals surface area contributed by atoms with Gasteiger partial charge >= 0.3 is 5.97 Å². The lowest BCUT2D eigenvalue weighted by molar-refractivity contribution is -0.149. The molecular weight excluding hydrogens is 412 g/mol. The van der Waals surface area contributed by atoms with Crippen LogP contribution in [0.3, 0.4) is 0 Å². The van der Waals surface area contributed by atoms with Crippen LogP contribution in [-0.4, -0.2) is 37.0 Å². The molecule has 0 radical (unpaired) electrons. The van der Waals surface area contributed by atoms with Gasteiger partial charge in [-0.2, -0.15) is 0 Å². The van der Waals surface area contributed by atoms with Crippen LogP contribution in [0.4, 0.5) is 5.69 Å². The van der Waals surface area contributed by atoms with Crippen LogP contribution in [0.1, 0.15) is 23.0 Å². The predicted molar refractivity (Wildman–Crippen MR) is 117 cm³/mol. The van der Waals surface area contributed by atoms with Crippen LogP contribution >= 0.6 is 0 Å². The van der Waals surface area contributed by atoms with E-state index in [4.69, 9.17) is 13.9 Å². The summed E-state index contributed by atoms with van der Waals surface area (Å²) in [7, 11) is 0. The number of esters is 1. The summed E-state index contributed by atoms with van der Waals surface area (Å²) in [5.41, 5.74) is 1.30. The monoisotopic (exact) mass is 436 g/mol. The molecule has 1 aromatic heterocycles. The van der Waals surface area contributed by atoms with E-state index in [2.05, 4.69) is 10.6 Å². The van der Waals surface area contributed by atoms with Crippen LogP contribution in [-0.2, 0) is 20.7 Å². The fraction of sp³-hybridized carbons (Fsp3) is 0.208. The number of nitrogens with one attached hydrogen (secondary N) is 2. The zero-order valence-corrected chi connectivity index (χ0v) is 17.6. The average molecular weight is 436 g/mol. The highest BCUT2D eigenvalue weighted by molar-refractivity contribution is 5.96. The van der Waals surface area contributed by atoms with Crippen molar-refractivity contribution in [2.24, 2.45) is 0 Å². The lowest BCUT2D eigenvalue weighted by Gasteiger charge is -2.17. The van der Waals surface area contributed by atoms with Crippen molar-refractivity contribution < 1.29 is 28.3 Å². The number of anilines is 1. The Balaban J connectivity index is 1.62. The van der Waals surface area contributed by atoms with Gasteiger partial charge in [0.2, 0.25) is 0 Å². The van der Waals surface area contributed by atoms with Gasteiger partial charge in [0.15, 0.2) is 12.4 Å². The van der Waals surface area contributed by atoms with Crippen LogP contribution in [0.25, 0.3) is 0 Å². The molecule has 3 rings (SSSR count). The largest absolute Gasteiger partial charge is 0.492 e. The molecule has 32 heavy (non-hydrogen) atoms. The van der Waals surface area contributed by atoms with E-state index in [1.165, 1.54) is 12.3 Å². The summed E-state index contributed by atoms with van der Waals surface area (Å²) in [6.45, 7) is 1.77. The molecule has 1 heterocycles. The molecule has 2 N–H and O–H groups in total. The Kier molecular flexibility index (Phi) is 8.02. The van der Waals surface area contributed by atoms with E-state index in [-0.39, 0.29) is 12.2 Å². The summed E-state index contributed by atoms with van der Waals surface area (Å²) >= 11 is 0. The fourth-order valence-corrected chi connectivity index (χ4v) is 2.96. The molecule has 2 aromatic carbocycles. The molecule has 0 fully saturated rings. The predicted octanol–water partition coefficient (Wildman–Crippen LogP) is 3.20. The number of furan rings is 1. The van der Waals surface area contributed by atoms with Crippen molar-refractivity contribution in [2.45, 2.75) is 19.4 Å². The van der Waals surface area contributed by atoms with Crippen molar-refractivity contribution in [3.8, 4) is 5.75 Å². The third-order valence-electron chi connectivity index (χ3n) is 4.42. The number of benzene rings is 2. The first-order valence-corrected chi connectivity index (χ1v) is 10.1. The van der Waals surface area contributed by atoms with Crippen molar-refractivity contribution in [3.63, 3.8) is 0 Å². The third kappa shape index (κ3) is 6.46. The maximum absolute atomic E-state index is 12.7. The van der Waals surface area contributed by atoms with E-state index in [0.717, 1.165) is 5.56 Å². The normalized spacial score (nSPS) is 11.3. The van der Waals surface area contributed by atoms with E-state index in [0.29, 0.717) is 18.0 Å². The van der Waals surface area contributed by atoms with Gasteiger partial charge in [0.25, 0.3) is 11.8 Å². The number of amides is 2. The van der Waals surface area contributed by atoms with Crippen molar-refractivity contribution in [3.05, 3.63) is 84.3 Å². The minimum atomic E-state index is -1.00. The highest BCUT2D eigenvalue weighted by atomic mass is 16.5. The SMILES string of the molecule is CCOc1ccccc1NC(=O)COC(=O)[C@H](Cc1ccccc1)NC(=O)c1ccco1. The Hall–Kier alpha value is -4.07. The maximum atomic E-state index is 12.7. The van der Waals surface area contributed by atoms with Gasteiger partial charge in [-0.15, -0.1) is 0 Å². The zero-order valence-electron chi connectivity index (χ0n) is 17.6. The van der Waals surface area contributed by atoms with E-state index >= 15 is 0 Å². The quantitative estimate of drug-likeness (QED) is 0.473. The molecular formula is C24H24N2O6. The van der Waals surface area contributed by atoms with E-state index in [9.17, 15) is 14.4 Å². The van der Waals surface area contributed by atoms with Crippen LogP contribution in [0.15, 0.2) is 77.4 Å². The smallest absolute Gasteiger partial charge is 0.329 e. The van der Waals surface area contributed by atoms with Gasteiger partial charge in [0, 0.05) is 6.42 Å². The molecule has 0 unspecified atom stereocenters. The summed E-state index contributed by atoms with van der Waals surface area (Å²) in [5, 5.41) is 5.27. The minimum Gasteiger partial charge on any atom is -0.492 e. The van der Waals surface area contributed by atoms with Crippen LogP contribution in [0.2, 0.25) is 0 Å². The number of ether oxygens (including phenoxy) is 2. The van der Waals surface area contributed by atoms with Gasteiger partial charge in [-0.25, -0.2) is 4.79 Å². The second-order valence-electron chi connectivity index (χ2n) is 6.78. The second-order valence-corrected chi connectivity index (χ2v) is 6.78. The van der Waals surface area contributed by atoms with Crippen LogP contribution < -0.4 is 15.4 Å². The maximum Gasteiger partial charge on any atom is 0.329 e. The molecule has 8 heteroatoms. The first kappa shape index (κ1) is 22.6. The van der Waals surface area contributed by atoms with Gasteiger partial charge in [-0.1, -0.05) is 42.5 Å². The molecule has 0 bridgehead atoms. The fourth-order valence-electron chi connectivity index (χ4n) is 2.96. The highest BCUT2D eigenvalue weighted by Crippen LogP contribution is 2.23. The Labute approximate surface area is 185 Å². The van der Waals surface area contributed by atoms with E-state index in [1.54, 1.807) is 30.3 Å². The van der Waals surface area contributed by atoms with Gasteiger partial charge in [-0.3, -0.25) is 9.59 Å². The second kappa shape index (κ2) is 11.4. The van der Waals surface area contributed by atoms with Crippen molar-refractivity contribution in [1.82, 2.24) is 5.32 Å². The number of hydrogen-bond donors (Lipinski definition) is 2. The topological polar surface area (TPSA) is 107 Å². The van der Waals surface area contributed by atoms with Crippen molar-refractivity contribution in [1.29, 1.82) is 0 Å². The molecule has 166 valence electrons. The molecule has 0 aliphatic rings. The first-order chi connectivity index (χ1) is 15.6. The molecule has 3 aromatic rings. The van der Waals surface area contributed by atoms with E-state index in [1.807, 2.05) is 37.3 Å². The molecule has 2 amide bonds. The standard InChI is InChI=1S/C24H24N2O6/c1-2-30-20-12-7-6-11-18(20)25-22(27)16-32-24(29)19(15-17-9-4-3-5-10-17)26-23(28)21-13-8-14-31-21/h3-14,19H,2,15-16H2,1H3,(H,25,27)(H,26,28)/t19-/m0/s1. The molecule has 0 aliphatic carbocycles. The summed E-state index contributed by atoms with van der Waals surface area (Å²) < 4.78 is 15.7. The number of para-hydroxylation sites is 2. The highest BCUT2D eigenvalue weighted by Gasteiger charge is 2.25. The third-order valence-corrected chi connectivity index (χ3v) is 4.42. The number of carbonyl (C=O) groups is 3. The lowest BCUT2D eigenvalue weighted by atomic mass is 10.1. The van der Waals surface area contributed by atoms with Crippen molar-refractivity contribution >= 4 is 23.5 Å². The zero-order chi connectivity index (χ0) is 22.8. The summed E-state index contributed by atoms with van der Waals surface area (Å²) in [4.78, 5) is 37.4. The average Bonchev–Trinajstić information content (AvgIpc) is 3.34. The summed E-state index contributed by atoms with van der Waals surface area (Å²) in [6.07, 6.45) is 1.56. The van der Waals surface area contributed by atoms with Gasteiger partial charge in [-0.05, 0) is 36.8 Å². The summed E-state index contributed by atoms with van der Waals surface area (Å²) in [6, 6.07) is 18.2. The van der Waals surface area contributed by atoms with Gasteiger partial charge in [0.1, 0.15) is 11.8 Å². The Morgan fingerprint density at radius 1 is 0.969 bits per heavy atom. The molecule has 0 saturated heterocycles. The molecule has 0 aliphatic heterocycles. The van der Waals surface area contributed by atoms with Crippen LogP contribution in [0, 0.1) is 0 Å². The van der Waals surface area contributed by atoms with Gasteiger partial charge in [0.05, 0.1) is 18.6 Å². The number of rotatable bonds is 10. The Morgan fingerprint density at radius 2 is 1.72 bits per heavy atom. The van der Waals surface area contributed by atoms with Crippen LogP contribution in [0.5, 0.6) is 5.75 Å². The number of hydrogen-bond acceptors (Lipinski definition) is 6. The van der Waals surface area contributed by atoms with Gasteiger partial charge < -0.3 is 24.5 Å². The van der Waals surface area contributed by atoms with E-state index < -0.39 is 30.4 Å². The molecule has 0 saturated carbocycles. The molecule has 1 atom stereocenters. The molecule has 0 spiro atoms. The van der Waals surface area contributed by atoms with Crippen molar-refractivity contribution in [2.75, 3.05) is 18.5 Å².